The van der Waals surface area contributed by atoms with E-state index in [-0.39, 0.29) is 11.3 Å². The molecular formula is C26H25N3O5. The number of carbonyl (C=O) groups is 2. The molecular weight excluding hydrogens is 434 g/mol. The van der Waals surface area contributed by atoms with Crippen LogP contribution in [0.1, 0.15) is 17.2 Å². The predicted molar refractivity (Wildman–Crippen MR) is 129 cm³/mol. The number of ether oxygens (including phenoxy) is 2. The van der Waals surface area contributed by atoms with Crippen LogP contribution in [-0.4, -0.2) is 50.1 Å². The van der Waals surface area contributed by atoms with E-state index >= 15 is 0 Å². The van der Waals surface area contributed by atoms with Crippen molar-refractivity contribution in [2.24, 2.45) is 0 Å². The molecule has 1 fully saturated rings. The Hall–Kier alpha value is -4.33. The number of anilines is 2. The lowest BCUT2D eigenvalue weighted by Crippen LogP contribution is -2.29. The molecule has 34 heavy (non-hydrogen) atoms. The number of ketones is 1. The van der Waals surface area contributed by atoms with E-state index in [1.165, 1.54) is 31.5 Å². The molecule has 1 aliphatic rings. The number of pyridine rings is 1. The van der Waals surface area contributed by atoms with Crippen molar-refractivity contribution in [3.8, 4) is 11.5 Å². The van der Waals surface area contributed by atoms with Gasteiger partial charge in [0.15, 0.2) is 0 Å². The van der Waals surface area contributed by atoms with Crippen molar-refractivity contribution in [2.75, 3.05) is 38.1 Å². The van der Waals surface area contributed by atoms with Crippen molar-refractivity contribution >= 4 is 28.8 Å². The van der Waals surface area contributed by atoms with Gasteiger partial charge in [0.25, 0.3) is 11.7 Å². The molecule has 1 aromatic heterocycles. The normalized spacial score (nSPS) is 17.1. The zero-order chi connectivity index (χ0) is 24.4. The summed E-state index contributed by atoms with van der Waals surface area (Å²) in [6.45, 7) is 0. The van der Waals surface area contributed by atoms with Crippen molar-refractivity contribution in [2.45, 2.75) is 6.04 Å². The summed E-state index contributed by atoms with van der Waals surface area (Å²) in [5.41, 5.74) is 2.43. The minimum Gasteiger partial charge on any atom is -0.507 e. The number of amides is 1. The maximum atomic E-state index is 13.3. The standard InChI is InChI=1S/C26H25N3O5/c1-28(2)18-7-5-16(6-8-18)23-22(24(30)17-9-11-27-12-10-17)25(31)26(32)29(23)19-13-20(33-3)15-21(14-19)34-4/h5-15,23,30H,1-4H3/b24-22+. The van der Waals surface area contributed by atoms with Gasteiger partial charge in [0.1, 0.15) is 17.3 Å². The Kier molecular flexibility index (Phi) is 6.23. The number of aliphatic hydroxyl groups is 1. The topological polar surface area (TPSA) is 92.2 Å². The van der Waals surface area contributed by atoms with Crippen molar-refractivity contribution in [3.63, 3.8) is 0 Å². The summed E-state index contributed by atoms with van der Waals surface area (Å²) in [5.74, 6) is -0.871. The second-order valence-corrected chi connectivity index (χ2v) is 7.96. The average molecular weight is 460 g/mol. The minimum atomic E-state index is -0.860. The highest BCUT2D eigenvalue weighted by atomic mass is 16.5. The summed E-state index contributed by atoms with van der Waals surface area (Å²) >= 11 is 0. The first-order chi connectivity index (χ1) is 16.3. The first kappa shape index (κ1) is 22.8. The SMILES string of the molecule is COc1cc(OC)cc(N2C(=O)C(=O)/C(=C(/O)c3ccncc3)C2c2ccc(N(C)C)cc2)c1. The third-order valence-electron chi connectivity index (χ3n) is 5.74. The highest BCUT2D eigenvalue weighted by molar-refractivity contribution is 6.51. The molecule has 2 aromatic carbocycles. The number of carbonyl (C=O) groups excluding carboxylic acids is 2. The molecule has 1 amide bonds. The van der Waals surface area contributed by atoms with E-state index in [9.17, 15) is 14.7 Å². The lowest BCUT2D eigenvalue weighted by atomic mass is 9.95. The van der Waals surface area contributed by atoms with E-state index < -0.39 is 17.7 Å². The summed E-state index contributed by atoms with van der Waals surface area (Å²) in [7, 11) is 6.86. The zero-order valence-corrected chi connectivity index (χ0v) is 19.4. The molecule has 174 valence electrons. The van der Waals surface area contributed by atoms with Crippen LogP contribution in [0.25, 0.3) is 5.76 Å². The van der Waals surface area contributed by atoms with Crippen LogP contribution in [0.15, 0.2) is 72.6 Å². The van der Waals surface area contributed by atoms with Crippen LogP contribution in [0.2, 0.25) is 0 Å². The van der Waals surface area contributed by atoms with Gasteiger partial charge < -0.3 is 19.5 Å². The second kappa shape index (κ2) is 9.27. The Bertz CT molecular complexity index is 1230. The smallest absolute Gasteiger partial charge is 0.300 e. The van der Waals surface area contributed by atoms with E-state index in [0.29, 0.717) is 28.3 Å². The average Bonchev–Trinajstić information content (AvgIpc) is 3.14. The molecule has 1 unspecified atom stereocenters. The van der Waals surface area contributed by atoms with Crippen molar-refractivity contribution in [1.82, 2.24) is 4.98 Å². The summed E-state index contributed by atoms with van der Waals surface area (Å²) in [6, 6.07) is 14.8. The van der Waals surface area contributed by atoms with Gasteiger partial charge in [0, 0.05) is 55.9 Å². The van der Waals surface area contributed by atoms with Crippen LogP contribution in [0.3, 0.4) is 0 Å². The fraction of sp³-hybridized carbons (Fsp3) is 0.192. The van der Waals surface area contributed by atoms with Crippen LogP contribution in [0.5, 0.6) is 11.5 Å². The van der Waals surface area contributed by atoms with Gasteiger partial charge in [-0.25, -0.2) is 0 Å². The molecule has 1 atom stereocenters. The molecule has 1 N–H and O–H groups in total. The first-order valence-electron chi connectivity index (χ1n) is 10.6. The maximum Gasteiger partial charge on any atom is 0.300 e. The van der Waals surface area contributed by atoms with Crippen LogP contribution in [0.4, 0.5) is 11.4 Å². The van der Waals surface area contributed by atoms with Crippen LogP contribution < -0.4 is 19.3 Å². The molecule has 0 bridgehead atoms. The number of hydrogen-bond donors (Lipinski definition) is 1. The Balaban J connectivity index is 1.95. The number of methoxy groups -OCH3 is 2. The van der Waals surface area contributed by atoms with E-state index in [1.807, 2.05) is 43.3 Å². The van der Waals surface area contributed by atoms with Gasteiger partial charge in [-0.15, -0.1) is 0 Å². The Morgan fingerprint density at radius 2 is 1.53 bits per heavy atom. The third kappa shape index (κ3) is 4.05. The van der Waals surface area contributed by atoms with Gasteiger partial charge in [0.2, 0.25) is 0 Å². The van der Waals surface area contributed by atoms with E-state index in [2.05, 4.69) is 4.98 Å². The fourth-order valence-electron chi connectivity index (χ4n) is 3.97. The maximum absolute atomic E-state index is 13.3. The van der Waals surface area contributed by atoms with Crippen molar-refractivity contribution < 1.29 is 24.2 Å². The van der Waals surface area contributed by atoms with Crippen molar-refractivity contribution in [3.05, 3.63) is 83.7 Å². The van der Waals surface area contributed by atoms with Gasteiger partial charge in [-0.2, -0.15) is 0 Å². The third-order valence-corrected chi connectivity index (χ3v) is 5.74. The van der Waals surface area contributed by atoms with Crippen LogP contribution in [0, 0.1) is 0 Å². The van der Waals surface area contributed by atoms with E-state index in [4.69, 9.17) is 9.47 Å². The summed E-state index contributed by atoms with van der Waals surface area (Å²) in [6.07, 6.45) is 3.03. The second-order valence-electron chi connectivity index (χ2n) is 7.96. The van der Waals surface area contributed by atoms with Gasteiger partial charge in [-0.05, 0) is 29.8 Å². The van der Waals surface area contributed by atoms with Gasteiger partial charge in [-0.3, -0.25) is 19.5 Å². The van der Waals surface area contributed by atoms with Gasteiger partial charge in [-0.1, -0.05) is 12.1 Å². The van der Waals surface area contributed by atoms with E-state index in [0.717, 1.165) is 5.69 Å². The summed E-state index contributed by atoms with van der Waals surface area (Å²) in [4.78, 5) is 33.9. The number of aromatic nitrogens is 1. The Morgan fingerprint density at radius 3 is 2.06 bits per heavy atom. The number of Topliss-reactive ketones (excluding diaryl/α,β-unsaturated/α-hetero) is 1. The lowest BCUT2D eigenvalue weighted by molar-refractivity contribution is -0.132. The van der Waals surface area contributed by atoms with Crippen LogP contribution in [-0.2, 0) is 9.59 Å². The molecule has 0 aliphatic carbocycles. The highest BCUT2D eigenvalue weighted by Gasteiger charge is 2.47. The molecule has 0 saturated carbocycles. The first-order valence-corrected chi connectivity index (χ1v) is 10.6. The number of rotatable bonds is 6. The Morgan fingerprint density at radius 1 is 0.941 bits per heavy atom. The minimum absolute atomic E-state index is 0.00408. The summed E-state index contributed by atoms with van der Waals surface area (Å²) < 4.78 is 10.7. The number of aliphatic hydroxyl groups excluding tert-OH is 1. The summed E-state index contributed by atoms with van der Waals surface area (Å²) in [5, 5.41) is 11.1. The predicted octanol–water partition coefficient (Wildman–Crippen LogP) is 3.79. The molecule has 8 heteroatoms. The van der Waals surface area contributed by atoms with Crippen molar-refractivity contribution in [1.29, 1.82) is 0 Å². The fourth-order valence-corrected chi connectivity index (χ4v) is 3.97. The molecule has 1 aliphatic heterocycles. The van der Waals surface area contributed by atoms with Gasteiger partial charge in [0.05, 0.1) is 31.5 Å². The number of benzene rings is 2. The Labute approximate surface area is 197 Å². The van der Waals surface area contributed by atoms with Gasteiger partial charge >= 0.3 is 0 Å². The molecule has 1 saturated heterocycles. The lowest BCUT2D eigenvalue weighted by Gasteiger charge is -2.26. The molecule has 4 rings (SSSR count). The molecule has 3 aromatic rings. The monoisotopic (exact) mass is 459 g/mol. The molecule has 2 heterocycles. The molecule has 8 nitrogen and oxygen atoms in total. The number of hydrogen-bond acceptors (Lipinski definition) is 7. The van der Waals surface area contributed by atoms with E-state index in [1.54, 1.807) is 30.3 Å². The largest absolute Gasteiger partial charge is 0.507 e. The number of nitrogens with zero attached hydrogens (tertiary/aromatic N) is 3. The van der Waals surface area contributed by atoms with Crippen LogP contribution >= 0.6 is 0 Å². The quantitative estimate of drug-likeness (QED) is 0.341. The molecule has 0 spiro atoms. The highest BCUT2D eigenvalue weighted by Crippen LogP contribution is 2.44. The zero-order valence-electron chi connectivity index (χ0n) is 19.4. The molecule has 0 radical (unpaired) electrons.